The van der Waals surface area contributed by atoms with E-state index in [0.717, 1.165) is 13.2 Å². The molecule has 1 aromatic rings. The highest BCUT2D eigenvalue weighted by Crippen LogP contribution is 2.62. The van der Waals surface area contributed by atoms with Gasteiger partial charge < -0.3 is 4.74 Å². The van der Waals surface area contributed by atoms with E-state index in [1.807, 2.05) is 27.7 Å². The summed E-state index contributed by atoms with van der Waals surface area (Å²) in [4.78, 5) is -0.121. The molecular formula is C10H11NOS2. The maximum Gasteiger partial charge on any atom is 0.174 e. The second-order valence-electron chi connectivity index (χ2n) is 3.40. The molecule has 0 amide bonds. The van der Waals surface area contributed by atoms with Gasteiger partial charge in [0.25, 0.3) is 0 Å². The lowest BCUT2D eigenvalue weighted by Crippen LogP contribution is -2.56. The van der Waals surface area contributed by atoms with Crippen LogP contribution in [0.4, 0.5) is 0 Å². The molecular weight excluding hydrogens is 214 g/mol. The zero-order valence-corrected chi connectivity index (χ0v) is 9.24. The van der Waals surface area contributed by atoms with Crippen LogP contribution in [0, 0.1) is 0 Å². The van der Waals surface area contributed by atoms with Crippen LogP contribution in [0.25, 0.3) is 0 Å². The molecule has 0 aliphatic carbocycles. The first-order valence-electron chi connectivity index (χ1n) is 4.69. The molecule has 2 aliphatic heterocycles. The number of ether oxygens (including phenoxy) is 1. The van der Waals surface area contributed by atoms with Crippen molar-refractivity contribution in [1.29, 1.82) is 0 Å². The Kier molecular flexibility index (Phi) is 2.24. The van der Waals surface area contributed by atoms with Gasteiger partial charge in [0.2, 0.25) is 0 Å². The Morgan fingerprint density at radius 2 is 2.21 bits per heavy atom. The van der Waals surface area contributed by atoms with Crippen LogP contribution in [0.5, 0.6) is 0 Å². The van der Waals surface area contributed by atoms with Gasteiger partial charge in [0.15, 0.2) is 4.93 Å². The molecule has 2 atom stereocenters. The van der Waals surface area contributed by atoms with E-state index in [9.17, 15) is 0 Å². The second-order valence-corrected chi connectivity index (χ2v) is 5.91. The Bertz CT molecular complexity index is 332. The van der Waals surface area contributed by atoms with Crippen LogP contribution in [-0.4, -0.2) is 18.5 Å². The molecule has 0 bridgehead atoms. The lowest BCUT2D eigenvalue weighted by molar-refractivity contribution is -0.0132. The third kappa shape index (κ3) is 1.21. The number of hydrogen-bond donors (Lipinski definition) is 1. The van der Waals surface area contributed by atoms with Gasteiger partial charge in [0.05, 0.1) is 6.61 Å². The normalized spacial score (nSPS) is 35.9. The molecule has 2 fully saturated rings. The molecule has 2 heterocycles. The number of rotatable bonds is 1. The molecule has 0 saturated carbocycles. The molecule has 14 heavy (non-hydrogen) atoms. The van der Waals surface area contributed by atoms with E-state index < -0.39 is 0 Å². The fourth-order valence-electron chi connectivity index (χ4n) is 1.80. The van der Waals surface area contributed by atoms with Crippen molar-refractivity contribution in [3.8, 4) is 0 Å². The topological polar surface area (TPSA) is 21.3 Å². The molecule has 3 rings (SSSR count). The SMILES string of the molecule is c1ccc(C23OCCNC2SS3)cc1. The first-order chi connectivity index (χ1) is 6.92. The molecule has 2 aliphatic rings. The van der Waals surface area contributed by atoms with Gasteiger partial charge in [0, 0.05) is 6.54 Å². The standard InChI is InChI=1S/C10H11NOS2/c1-2-4-8(5-3-1)10-9(13-14-10)11-6-7-12-10/h1-5,9,11H,6-7H2. The predicted octanol–water partition coefficient (Wildman–Crippen LogP) is 2.18. The van der Waals surface area contributed by atoms with Crippen molar-refractivity contribution in [3.05, 3.63) is 35.9 Å². The van der Waals surface area contributed by atoms with Gasteiger partial charge in [-0.25, -0.2) is 0 Å². The molecule has 1 aromatic carbocycles. The smallest absolute Gasteiger partial charge is 0.174 e. The predicted molar refractivity (Wildman–Crippen MR) is 61.0 cm³/mol. The summed E-state index contributed by atoms with van der Waals surface area (Å²) in [5.74, 6) is 0. The second kappa shape index (κ2) is 3.45. The summed E-state index contributed by atoms with van der Waals surface area (Å²) in [6.07, 6.45) is 0. The van der Waals surface area contributed by atoms with Crippen molar-refractivity contribution < 1.29 is 4.74 Å². The highest BCUT2D eigenvalue weighted by molar-refractivity contribution is 8.80. The van der Waals surface area contributed by atoms with Crippen LogP contribution in [-0.2, 0) is 9.67 Å². The summed E-state index contributed by atoms with van der Waals surface area (Å²) < 4.78 is 5.93. The van der Waals surface area contributed by atoms with E-state index >= 15 is 0 Å². The van der Waals surface area contributed by atoms with Crippen LogP contribution in [0.1, 0.15) is 5.56 Å². The molecule has 2 nitrogen and oxygen atoms in total. The molecule has 2 saturated heterocycles. The Labute approximate surface area is 91.2 Å². The molecule has 0 aromatic heterocycles. The number of benzene rings is 1. The minimum absolute atomic E-state index is 0.121. The molecule has 0 spiro atoms. The minimum Gasteiger partial charge on any atom is -0.355 e. The van der Waals surface area contributed by atoms with Crippen LogP contribution in [0.3, 0.4) is 0 Å². The summed E-state index contributed by atoms with van der Waals surface area (Å²) in [5.41, 5.74) is 1.28. The van der Waals surface area contributed by atoms with Gasteiger partial charge in [0.1, 0.15) is 5.37 Å². The Hall–Kier alpha value is -0.160. The zero-order valence-electron chi connectivity index (χ0n) is 7.60. The average Bonchev–Trinajstić information content (AvgIpc) is 2.22. The fraction of sp³-hybridized carbons (Fsp3) is 0.400. The van der Waals surface area contributed by atoms with E-state index in [2.05, 4.69) is 29.6 Å². The highest BCUT2D eigenvalue weighted by atomic mass is 33.1. The van der Waals surface area contributed by atoms with Crippen LogP contribution in [0.2, 0.25) is 0 Å². The Morgan fingerprint density at radius 1 is 1.36 bits per heavy atom. The number of fused-ring (bicyclic) bond motifs is 1. The van der Waals surface area contributed by atoms with Gasteiger partial charge >= 0.3 is 0 Å². The summed E-state index contributed by atoms with van der Waals surface area (Å²) in [5, 5.41) is 3.90. The summed E-state index contributed by atoms with van der Waals surface area (Å²) in [6, 6.07) is 10.5. The van der Waals surface area contributed by atoms with Crippen LogP contribution < -0.4 is 5.32 Å². The maximum atomic E-state index is 5.93. The van der Waals surface area contributed by atoms with Gasteiger partial charge in [-0.2, -0.15) is 0 Å². The summed E-state index contributed by atoms with van der Waals surface area (Å²) >= 11 is 0. The Morgan fingerprint density at radius 3 is 2.86 bits per heavy atom. The molecule has 0 radical (unpaired) electrons. The number of morpholine rings is 1. The lowest BCUT2D eigenvalue weighted by atomic mass is 10.1. The van der Waals surface area contributed by atoms with E-state index in [0.29, 0.717) is 5.37 Å². The van der Waals surface area contributed by atoms with E-state index in [-0.39, 0.29) is 4.93 Å². The first kappa shape index (κ1) is 9.09. The van der Waals surface area contributed by atoms with E-state index in [4.69, 9.17) is 4.74 Å². The van der Waals surface area contributed by atoms with Crippen LogP contribution in [0.15, 0.2) is 30.3 Å². The lowest BCUT2D eigenvalue weighted by Gasteiger charge is -2.50. The summed E-state index contributed by atoms with van der Waals surface area (Å²) in [6.45, 7) is 1.77. The monoisotopic (exact) mass is 225 g/mol. The first-order valence-corrected chi connectivity index (χ1v) is 6.90. The molecule has 4 heteroatoms. The minimum atomic E-state index is -0.121. The summed E-state index contributed by atoms with van der Waals surface area (Å²) in [7, 11) is 3.69. The van der Waals surface area contributed by atoms with Crippen LogP contribution >= 0.6 is 21.6 Å². The maximum absolute atomic E-state index is 5.93. The quantitative estimate of drug-likeness (QED) is 0.739. The third-order valence-corrected chi connectivity index (χ3v) is 5.92. The van der Waals surface area contributed by atoms with Gasteiger partial charge in [-0.15, -0.1) is 0 Å². The van der Waals surface area contributed by atoms with Crippen molar-refractivity contribution in [2.45, 2.75) is 10.3 Å². The molecule has 2 unspecified atom stereocenters. The largest absolute Gasteiger partial charge is 0.355 e. The Balaban J connectivity index is 1.96. The van der Waals surface area contributed by atoms with Gasteiger partial charge in [-0.1, -0.05) is 41.1 Å². The fourth-order valence-corrected chi connectivity index (χ4v) is 4.74. The number of hydrogen-bond acceptors (Lipinski definition) is 4. The van der Waals surface area contributed by atoms with E-state index in [1.165, 1.54) is 5.56 Å². The van der Waals surface area contributed by atoms with Crippen molar-refractivity contribution in [1.82, 2.24) is 5.32 Å². The van der Waals surface area contributed by atoms with Crippen molar-refractivity contribution >= 4 is 21.6 Å². The van der Waals surface area contributed by atoms with Crippen molar-refractivity contribution in [3.63, 3.8) is 0 Å². The van der Waals surface area contributed by atoms with Gasteiger partial charge in [-0.3, -0.25) is 5.32 Å². The molecule has 74 valence electrons. The number of nitrogens with one attached hydrogen (secondary N) is 1. The average molecular weight is 225 g/mol. The van der Waals surface area contributed by atoms with Crippen molar-refractivity contribution in [2.24, 2.45) is 0 Å². The molecule has 1 N–H and O–H groups in total. The van der Waals surface area contributed by atoms with Gasteiger partial charge in [-0.05, 0) is 16.4 Å². The van der Waals surface area contributed by atoms with Crippen molar-refractivity contribution in [2.75, 3.05) is 13.2 Å². The van der Waals surface area contributed by atoms with E-state index in [1.54, 1.807) is 0 Å². The third-order valence-electron chi connectivity index (χ3n) is 2.54. The highest BCUT2D eigenvalue weighted by Gasteiger charge is 2.53. The zero-order chi connectivity index (χ0) is 9.43.